The van der Waals surface area contributed by atoms with Crippen molar-refractivity contribution < 1.29 is 14.3 Å². The molecule has 2 aromatic heterocycles. The van der Waals surface area contributed by atoms with Crippen molar-refractivity contribution in [2.24, 2.45) is 15.9 Å². The minimum absolute atomic E-state index is 0.102. The van der Waals surface area contributed by atoms with Crippen LogP contribution in [-0.2, 0) is 20.8 Å². The maximum Gasteiger partial charge on any atom is 0.251 e. The molecule has 0 saturated carbocycles. The monoisotopic (exact) mass is 499 g/mol. The number of nitrogens with one attached hydrogen (secondary N) is 1. The molecule has 10 nitrogen and oxygen atoms in total. The zero-order valence-corrected chi connectivity index (χ0v) is 21.0. The van der Waals surface area contributed by atoms with Crippen molar-refractivity contribution in [1.29, 1.82) is 5.26 Å². The molecule has 1 atom stereocenters. The van der Waals surface area contributed by atoms with Gasteiger partial charge in [-0.1, -0.05) is 18.2 Å². The lowest BCUT2D eigenvalue weighted by molar-refractivity contribution is -0.120. The number of hydrazone groups is 1. The van der Waals surface area contributed by atoms with Crippen LogP contribution in [0.1, 0.15) is 42.5 Å². The summed E-state index contributed by atoms with van der Waals surface area (Å²) in [5.74, 6) is 5.65. The first-order valence-electron chi connectivity index (χ1n) is 11.6. The molecule has 0 aliphatic rings. The Morgan fingerprint density at radius 1 is 1.22 bits per heavy atom. The molecule has 0 fully saturated rings. The van der Waals surface area contributed by atoms with Gasteiger partial charge in [0, 0.05) is 31.1 Å². The second-order valence-corrected chi connectivity index (χ2v) is 7.92. The summed E-state index contributed by atoms with van der Waals surface area (Å²) in [6.07, 6.45) is 1.42. The van der Waals surface area contributed by atoms with Gasteiger partial charge in [-0.2, -0.15) is 10.4 Å². The average molecular weight is 500 g/mol. The van der Waals surface area contributed by atoms with E-state index in [-0.39, 0.29) is 24.4 Å². The lowest BCUT2D eigenvalue weighted by Crippen LogP contribution is -2.19. The zero-order chi connectivity index (χ0) is 26.6. The Balaban J connectivity index is 1.91. The molecule has 3 aromatic rings. The number of hydrogen-bond donors (Lipinski definition) is 2. The molecule has 3 rings (SSSR count). The van der Waals surface area contributed by atoms with Crippen molar-refractivity contribution in [2.75, 3.05) is 25.6 Å². The number of hydrogen-bond acceptors (Lipinski definition) is 9. The molecule has 2 heterocycles. The number of anilines is 1. The fraction of sp³-hybridized carbons (Fsp3) is 0.259. The summed E-state index contributed by atoms with van der Waals surface area (Å²) < 4.78 is 10.5. The van der Waals surface area contributed by atoms with Gasteiger partial charge in [0.15, 0.2) is 0 Å². The molecule has 0 spiro atoms. The molecule has 0 aliphatic carbocycles. The maximum atomic E-state index is 12.3. The van der Waals surface area contributed by atoms with Crippen molar-refractivity contribution in [3.8, 4) is 17.3 Å². The Hall–Kier alpha value is -4.46. The molecule has 190 valence electrons. The van der Waals surface area contributed by atoms with Gasteiger partial charge < -0.3 is 20.6 Å². The fourth-order valence-corrected chi connectivity index (χ4v) is 3.35. The molecule has 1 amide bonds. The highest BCUT2D eigenvalue weighted by Gasteiger charge is 2.12. The molecule has 3 N–H and O–H groups in total. The number of pyridine rings is 2. The van der Waals surface area contributed by atoms with E-state index < -0.39 is 0 Å². The van der Waals surface area contributed by atoms with E-state index in [1.165, 1.54) is 0 Å². The smallest absolute Gasteiger partial charge is 0.251 e. The van der Waals surface area contributed by atoms with Crippen LogP contribution in [0.2, 0.25) is 0 Å². The van der Waals surface area contributed by atoms with Gasteiger partial charge in [0.2, 0.25) is 0 Å². The summed E-state index contributed by atoms with van der Waals surface area (Å²) in [6.45, 7) is 4.35. The molecule has 1 aromatic carbocycles. The minimum Gasteiger partial charge on any atom is -0.375 e. The molecular formula is C27H29N7O3. The number of rotatable bonds is 11. The van der Waals surface area contributed by atoms with E-state index in [1.807, 2.05) is 31.2 Å². The van der Waals surface area contributed by atoms with Crippen LogP contribution in [0.15, 0.2) is 64.7 Å². The Kier molecular flexibility index (Phi) is 9.96. The first-order valence-corrected chi connectivity index (χ1v) is 11.6. The number of nitriles is 1. The Labute approximate surface area is 215 Å². The van der Waals surface area contributed by atoms with Crippen LogP contribution in [0.3, 0.4) is 0 Å². The van der Waals surface area contributed by atoms with Gasteiger partial charge in [-0.05, 0) is 50.2 Å². The highest BCUT2D eigenvalue weighted by molar-refractivity contribution is 6.38. The van der Waals surface area contributed by atoms with Crippen LogP contribution in [0, 0.1) is 11.3 Å². The number of ether oxygens (including phenoxy) is 2. The van der Waals surface area contributed by atoms with Crippen molar-refractivity contribution in [3.05, 3.63) is 77.1 Å². The van der Waals surface area contributed by atoms with E-state index in [9.17, 15) is 10.1 Å². The van der Waals surface area contributed by atoms with E-state index >= 15 is 0 Å². The van der Waals surface area contributed by atoms with Crippen LogP contribution >= 0.6 is 0 Å². The van der Waals surface area contributed by atoms with E-state index in [0.29, 0.717) is 41.2 Å². The number of carbonyl (C=O) groups is 1. The van der Waals surface area contributed by atoms with Gasteiger partial charge >= 0.3 is 0 Å². The fourth-order valence-electron chi connectivity index (χ4n) is 3.35. The number of aromatic nitrogens is 2. The maximum absolute atomic E-state index is 12.3. The third-order valence-corrected chi connectivity index (χ3v) is 5.32. The van der Waals surface area contributed by atoms with Gasteiger partial charge in [-0.15, -0.1) is 0 Å². The summed E-state index contributed by atoms with van der Waals surface area (Å²) >= 11 is 0. The highest BCUT2D eigenvalue weighted by Crippen LogP contribution is 2.23. The second-order valence-electron chi connectivity index (χ2n) is 7.92. The number of nitrogens with two attached hydrogens (primary N) is 1. The zero-order valence-electron chi connectivity index (χ0n) is 21.0. The van der Waals surface area contributed by atoms with Crippen LogP contribution in [0.25, 0.3) is 11.3 Å². The minimum atomic E-state index is -0.348. The Bertz CT molecular complexity index is 1330. The van der Waals surface area contributed by atoms with Gasteiger partial charge in [-0.25, -0.2) is 4.98 Å². The highest BCUT2D eigenvalue weighted by atomic mass is 16.5. The number of nitrogens with zero attached hydrogens (tertiary/aromatic N) is 5. The Morgan fingerprint density at radius 3 is 2.76 bits per heavy atom. The normalized spacial score (nSPS) is 12.3. The van der Waals surface area contributed by atoms with Crippen molar-refractivity contribution >= 4 is 23.7 Å². The number of carbonyl (C=O) groups excluding carboxylic acids is 1. The molecule has 0 bridgehead atoms. The first kappa shape index (κ1) is 27.1. The van der Waals surface area contributed by atoms with Crippen molar-refractivity contribution in [1.82, 2.24) is 9.97 Å². The SMILES string of the molecule is CCOCC(=O)Nc1cc(C(C=NCc2cccc(C(C)OC)n2)=NN)cc(-c2cccc(C#N)c2)n1. The number of methoxy groups -OCH3 is 1. The average Bonchev–Trinajstić information content (AvgIpc) is 2.93. The van der Waals surface area contributed by atoms with Gasteiger partial charge in [-0.3, -0.25) is 14.8 Å². The lowest BCUT2D eigenvalue weighted by Gasteiger charge is -2.11. The first-order chi connectivity index (χ1) is 18.0. The third-order valence-electron chi connectivity index (χ3n) is 5.32. The summed E-state index contributed by atoms with van der Waals surface area (Å²) in [7, 11) is 1.63. The van der Waals surface area contributed by atoms with Gasteiger partial charge in [0.1, 0.15) is 18.1 Å². The summed E-state index contributed by atoms with van der Waals surface area (Å²) in [5.41, 5.74) is 4.25. The molecule has 0 radical (unpaired) electrons. The van der Waals surface area contributed by atoms with Crippen LogP contribution in [0.4, 0.5) is 5.82 Å². The van der Waals surface area contributed by atoms with E-state index in [1.54, 1.807) is 50.6 Å². The number of aliphatic imine (C=N–C) groups is 1. The predicted molar refractivity (Wildman–Crippen MR) is 142 cm³/mol. The summed E-state index contributed by atoms with van der Waals surface area (Å²) in [5, 5.41) is 15.9. The molecule has 10 heteroatoms. The van der Waals surface area contributed by atoms with E-state index in [2.05, 4.69) is 31.4 Å². The molecule has 37 heavy (non-hydrogen) atoms. The molecule has 0 aliphatic heterocycles. The molecule has 1 unspecified atom stereocenters. The largest absolute Gasteiger partial charge is 0.375 e. The van der Waals surface area contributed by atoms with Crippen molar-refractivity contribution in [2.45, 2.75) is 26.5 Å². The summed E-state index contributed by atoms with van der Waals surface area (Å²) in [4.78, 5) is 25.9. The van der Waals surface area contributed by atoms with Crippen LogP contribution in [0.5, 0.6) is 0 Å². The quantitative estimate of drug-likeness (QED) is 0.232. The third kappa shape index (κ3) is 7.76. The number of benzene rings is 1. The predicted octanol–water partition coefficient (Wildman–Crippen LogP) is 3.63. The van der Waals surface area contributed by atoms with Crippen molar-refractivity contribution in [3.63, 3.8) is 0 Å². The van der Waals surface area contributed by atoms with E-state index in [4.69, 9.17) is 15.3 Å². The topological polar surface area (TPSA) is 148 Å². The van der Waals surface area contributed by atoms with Gasteiger partial charge in [0.05, 0.1) is 41.4 Å². The van der Waals surface area contributed by atoms with E-state index in [0.717, 1.165) is 11.4 Å². The van der Waals surface area contributed by atoms with Gasteiger partial charge in [0.25, 0.3) is 5.91 Å². The lowest BCUT2D eigenvalue weighted by atomic mass is 10.0. The Morgan fingerprint density at radius 2 is 2.03 bits per heavy atom. The van der Waals surface area contributed by atoms with Crippen LogP contribution < -0.4 is 11.2 Å². The number of amides is 1. The second kappa shape index (κ2) is 13.6. The molecule has 0 saturated heterocycles. The standard InChI is InChI=1S/C27H29N7O3/c1-4-37-17-27(35)33-26-13-21(12-24(32-26)20-8-5-7-19(11-20)14-28)25(34-29)16-30-15-22-9-6-10-23(31-22)18(2)36-3/h5-13,16,18H,4,15,17,29H2,1-3H3,(H,32,33,35). The summed E-state index contributed by atoms with van der Waals surface area (Å²) in [6, 6.07) is 18.2. The molecular weight excluding hydrogens is 470 g/mol. The van der Waals surface area contributed by atoms with Crippen LogP contribution in [-0.4, -0.2) is 48.1 Å².